The molecule has 1 heterocycles. The molecule has 0 spiro atoms. The number of carbonyl (C=O) groups excluding carboxylic acids is 5. The van der Waals surface area contributed by atoms with E-state index in [0.717, 1.165) is 17.8 Å². The molecule has 0 amide bonds. The molecule has 1 N–H and O–H groups in total. The Morgan fingerprint density at radius 2 is 1.82 bits per heavy atom. The smallest absolute Gasteiger partial charge is 0.375 e. The second-order valence-corrected chi connectivity index (χ2v) is 14.4. The molecule has 49 heavy (non-hydrogen) atoms. The number of furan rings is 1. The predicted octanol–water partition coefficient (Wildman–Crippen LogP) is 4.89. The van der Waals surface area contributed by atoms with Gasteiger partial charge in [0.2, 0.25) is 10.9 Å². The highest BCUT2D eigenvalue weighted by atomic mass is 32.2. The molecule has 0 radical (unpaired) electrons. The average Bonchev–Trinajstić information content (AvgIpc) is 3.67. The summed E-state index contributed by atoms with van der Waals surface area (Å²) in [6.07, 6.45) is 0.832. The van der Waals surface area contributed by atoms with E-state index in [9.17, 15) is 29.1 Å². The van der Waals surface area contributed by atoms with Gasteiger partial charge in [0.15, 0.2) is 23.7 Å². The molecule has 0 aliphatic heterocycles. The van der Waals surface area contributed by atoms with Crippen LogP contribution in [-0.2, 0) is 33.4 Å². The molecule has 0 unspecified atom stereocenters. The maximum atomic E-state index is 17.7. The fourth-order valence-electron chi connectivity index (χ4n) is 8.75. The molecule has 1 aromatic heterocycles. The normalized spacial score (nSPS) is 35.9. The number of thioether (sulfide) groups is 1. The maximum Gasteiger partial charge on any atom is 0.375 e. The number of fused-ring (bicyclic) bond motifs is 5. The topological polar surface area (TPSA) is 146 Å². The number of allylic oxidation sites excluding steroid dienone is 4. The summed E-state index contributed by atoms with van der Waals surface area (Å²) in [5.41, 5.74) is -7.24. The van der Waals surface area contributed by atoms with E-state index in [1.165, 1.54) is 37.5 Å². The summed E-state index contributed by atoms with van der Waals surface area (Å²) in [4.78, 5) is 63.3. The van der Waals surface area contributed by atoms with E-state index in [4.69, 9.17) is 18.6 Å². The Hall–Kier alpha value is -3.76. The number of hydrogen-bond donors (Lipinski definition) is 1. The highest BCUT2D eigenvalue weighted by molar-refractivity contribution is 8.14. The number of esters is 3. The summed E-state index contributed by atoms with van der Waals surface area (Å²) >= 11 is 0.767. The van der Waals surface area contributed by atoms with Crippen molar-refractivity contribution in [3.8, 4) is 11.8 Å². The molecular weight excluding hydrogens is 662 g/mol. The zero-order valence-corrected chi connectivity index (χ0v) is 28.6. The molecule has 4 aliphatic rings. The minimum atomic E-state index is -2.38. The van der Waals surface area contributed by atoms with Gasteiger partial charge in [-0.05, 0) is 68.9 Å². The van der Waals surface area contributed by atoms with Crippen LogP contribution in [0.1, 0.15) is 70.4 Å². The van der Waals surface area contributed by atoms with Crippen molar-refractivity contribution in [1.29, 1.82) is 0 Å². The van der Waals surface area contributed by atoms with Crippen LogP contribution in [-0.4, -0.2) is 76.4 Å². The Bertz CT molecular complexity index is 1630. The molecule has 13 heteroatoms. The average molecular weight is 703 g/mol. The predicted molar refractivity (Wildman–Crippen MR) is 172 cm³/mol. The number of aliphatic hydroxyl groups excluding tert-OH is 1. The number of alkyl halides is 2. The van der Waals surface area contributed by atoms with Gasteiger partial charge in [0, 0.05) is 22.7 Å². The lowest BCUT2D eigenvalue weighted by molar-refractivity contribution is -0.221. The summed E-state index contributed by atoms with van der Waals surface area (Å²) in [5, 5.41) is 11.2. The standard InChI is InChI=1S/C36H40F2O10S/c1-5-45-29(41)10-11-30(42)47-14-6-7-16-49-32(44)36(48-31(43)27-9-8-15-46-27)21(2)17-23-24-19-26(37)25-18-22(39)12-13-33(25,3)35(24,38)28(40)20-34(23,36)4/h8-9,12-13,15,18,21,23-24,26,28,40H,5,10-11,14,16-17,19-20H2,1-4H3/t21-,23+,24+,26+,28+,33+,34+,35+,36+/m1/s1. The summed E-state index contributed by atoms with van der Waals surface area (Å²) in [5.74, 6) is 0.152. The van der Waals surface area contributed by atoms with E-state index in [2.05, 4.69) is 11.8 Å². The van der Waals surface area contributed by atoms with Crippen LogP contribution in [0.3, 0.4) is 0 Å². The first-order valence-corrected chi connectivity index (χ1v) is 17.3. The first-order valence-electron chi connectivity index (χ1n) is 16.3. The Morgan fingerprint density at radius 3 is 2.49 bits per heavy atom. The van der Waals surface area contributed by atoms with Crippen LogP contribution in [0.25, 0.3) is 0 Å². The molecule has 3 fully saturated rings. The molecule has 3 saturated carbocycles. The van der Waals surface area contributed by atoms with Crippen molar-refractivity contribution >= 4 is 40.6 Å². The van der Waals surface area contributed by atoms with Crippen molar-refractivity contribution in [1.82, 2.24) is 0 Å². The largest absolute Gasteiger partial charge is 0.466 e. The van der Waals surface area contributed by atoms with Crippen LogP contribution in [0.4, 0.5) is 8.78 Å². The van der Waals surface area contributed by atoms with Crippen LogP contribution < -0.4 is 0 Å². The molecule has 9 atom stereocenters. The fraction of sp³-hybridized carbons (Fsp3) is 0.583. The third-order valence-electron chi connectivity index (χ3n) is 11.0. The third kappa shape index (κ3) is 6.05. The van der Waals surface area contributed by atoms with E-state index in [0.29, 0.717) is 0 Å². The minimum absolute atomic E-state index is 0.0159. The van der Waals surface area contributed by atoms with Crippen LogP contribution in [0.15, 0.2) is 46.6 Å². The van der Waals surface area contributed by atoms with Crippen molar-refractivity contribution in [2.75, 3.05) is 19.0 Å². The van der Waals surface area contributed by atoms with Crippen LogP contribution in [0, 0.1) is 40.4 Å². The lowest BCUT2D eigenvalue weighted by Gasteiger charge is -2.63. The highest BCUT2D eigenvalue weighted by Crippen LogP contribution is 2.72. The molecule has 0 aromatic carbocycles. The molecule has 10 nitrogen and oxygen atoms in total. The highest BCUT2D eigenvalue weighted by Gasteiger charge is 2.78. The van der Waals surface area contributed by atoms with Crippen molar-refractivity contribution in [2.45, 2.75) is 83.3 Å². The summed E-state index contributed by atoms with van der Waals surface area (Å²) in [6, 6.07) is 2.87. The molecule has 5 rings (SSSR count). The van der Waals surface area contributed by atoms with E-state index >= 15 is 8.78 Å². The van der Waals surface area contributed by atoms with Gasteiger partial charge in [0.1, 0.15) is 6.17 Å². The van der Waals surface area contributed by atoms with Crippen molar-refractivity contribution in [2.24, 2.45) is 28.6 Å². The van der Waals surface area contributed by atoms with Crippen molar-refractivity contribution in [3.05, 3.63) is 48.0 Å². The van der Waals surface area contributed by atoms with E-state index in [1.807, 2.05) is 0 Å². The van der Waals surface area contributed by atoms with Crippen molar-refractivity contribution in [3.63, 3.8) is 0 Å². The number of aliphatic hydroxyl groups is 1. The third-order valence-corrected chi connectivity index (χ3v) is 11.8. The Morgan fingerprint density at radius 1 is 1.10 bits per heavy atom. The molecule has 264 valence electrons. The van der Waals surface area contributed by atoms with Gasteiger partial charge in [0.25, 0.3) is 0 Å². The van der Waals surface area contributed by atoms with Gasteiger partial charge in [-0.2, -0.15) is 0 Å². The van der Waals surface area contributed by atoms with Gasteiger partial charge >= 0.3 is 17.9 Å². The van der Waals surface area contributed by atoms with Gasteiger partial charge < -0.3 is 23.7 Å². The Kier molecular flexibility index (Phi) is 10.3. The Balaban J connectivity index is 1.40. The lowest BCUT2D eigenvalue weighted by atomic mass is 9.44. The molecule has 0 bridgehead atoms. The summed E-state index contributed by atoms with van der Waals surface area (Å²) in [6.45, 7) is 6.46. The molecule has 0 saturated heterocycles. The second-order valence-electron chi connectivity index (χ2n) is 13.5. The first kappa shape index (κ1) is 36.5. The second kappa shape index (κ2) is 13.9. The fourth-order valence-corrected chi connectivity index (χ4v) is 9.74. The number of halogens is 2. The van der Waals surface area contributed by atoms with Gasteiger partial charge in [0.05, 0.1) is 37.6 Å². The SMILES string of the molecule is CCOC(=O)CCC(=O)OCC#CCSC(=O)[C@@]1(OC(=O)c2ccco2)[C@H](C)C[C@H]2[C@@H]3C[C@H](F)C4=CC(=O)C=C[C@]4(C)[C@@]3(F)[C@@H](O)C[C@@]21C. The monoisotopic (exact) mass is 702 g/mol. The zero-order chi connectivity index (χ0) is 35.8. The maximum absolute atomic E-state index is 17.7. The van der Waals surface area contributed by atoms with Crippen LogP contribution >= 0.6 is 11.8 Å². The lowest BCUT2D eigenvalue weighted by Crippen LogP contribution is -2.70. The molecule has 4 aliphatic carbocycles. The number of carbonyl (C=O) groups is 5. The summed E-state index contributed by atoms with van der Waals surface area (Å²) < 4.78 is 54.8. The number of ether oxygens (including phenoxy) is 3. The zero-order valence-electron chi connectivity index (χ0n) is 27.8. The quantitative estimate of drug-likeness (QED) is 0.213. The van der Waals surface area contributed by atoms with E-state index in [1.54, 1.807) is 20.8 Å². The van der Waals surface area contributed by atoms with Gasteiger partial charge in [-0.15, -0.1) is 0 Å². The minimum Gasteiger partial charge on any atom is -0.466 e. The van der Waals surface area contributed by atoms with Gasteiger partial charge in [-0.1, -0.05) is 43.5 Å². The van der Waals surface area contributed by atoms with Crippen molar-refractivity contribution < 1.29 is 56.5 Å². The van der Waals surface area contributed by atoms with Gasteiger partial charge in [-0.25, -0.2) is 13.6 Å². The molecule has 1 aromatic rings. The van der Waals surface area contributed by atoms with Crippen LogP contribution in [0.5, 0.6) is 0 Å². The van der Waals surface area contributed by atoms with Crippen LogP contribution in [0.2, 0.25) is 0 Å². The number of rotatable bonds is 9. The van der Waals surface area contributed by atoms with E-state index in [-0.39, 0.29) is 62.4 Å². The number of hydrogen-bond acceptors (Lipinski definition) is 11. The Labute approximate surface area is 287 Å². The van der Waals surface area contributed by atoms with E-state index < -0.39 is 80.9 Å². The van der Waals surface area contributed by atoms with Gasteiger partial charge in [-0.3, -0.25) is 19.2 Å². The summed E-state index contributed by atoms with van der Waals surface area (Å²) in [7, 11) is 0. The first-order chi connectivity index (χ1) is 23.2. The molecular formula is C36H40F2O10S. The number of ketones is 1.